The first kappa shape index (κ1) is 50.3. The SMILES string of the molecule is NC(=O)CC[C@H](NC(=O)[C@@H]1CCCN1C(=O)[C@H](Cc1cnc[nH]1)NC(=O)[C@H](CO)NC(=O)[C@@H](N)Cc1c[nH]c2ccccc12)C(=O)N[C@@H](Cc1ccccc1)C(=O)N[C@@H](CCC(=O)O)C(=O)O. The summed E-state index contributed by atoms with van der Waals surface area (Å²) < 4.78 is 0. The van der Waals surface area contributed by atoms with E-state index in [1.54, 1.807) is 36.5 Å². The minimum Gasteiger partial charge on any atom is -0.481 e. The van der Waals surface area contributed by atoms with Crippen molar-refractivity contribution in [2.45, 2.75) is 100 Å². The molecule has 2 aromatic carbocycles. The Morgan fingerprint density at radius 1 is 0.731 bits per heavy atom. The van der Waals surface area contributed by atoms with Crippen LogP contribution in [-0.4, -0.2) is 144 Å². The van der Waals surface area contributed by atoms with Crippen molar-refractivity contribution in [3.8, 4) is 0 Å². The number of fused-ring (bicyclic) bond motifs is 1. The number of imidazole rings is 1. The minimum atomic E-state index is -1.62. The zero-order chi connectivity index (χ0) is 48.6. The number of nitrogens with one attached hydrogen (secondary N) is 7. The molecule has 0 bridgehead atoms. The number of aromatic nitrogens is 3. The van der Waals surface area contributed by atoms with Crippen molar-refractivity contribution < 1.29 is 58.5 Å². The van der Waals surface area contributed by atoms with Crippen molar-refractivity contribution >= 4 is 64.2 Å². The molecule has 7 atom stereocenters. The van der Waals surface area contributed by atoms with E-state index in [1.807, 2.05) is 24.3 Å². The second-order valence-electron chi connectivity index (χ2n) is 16.1. The molecule has 23 nitrogen and oxygen atoms in total. The van der Waals surface area contributed by atoms with E-state index in [0.717, 1.165) is 16.5 Å². The Balaban J connectivity index is 1.30. The molecule has 2 aromatic heterocycles. The Morgan fingerprint density at radius 3 is 2.04 bits per heavy atom. The molecule has 4 aromatic rings. The van der Waals surface area contributed by atoms with Gasteiger partial charge in [-0.3, -0.25) is 38.4 Å². The number of hydrogen-bond acceptors (Lipinski definition) is 12. The van der Waals surface area contributed by atoms with Crippen LogP contribution in [0, 0.1) is 0 Å². The number of likely N-dealkylation sites (tertiary alicyclic amines) is 1. The van der Waals surface area contributed by atoms with Gasteiger partial charge in [0.1, 0.15) is 36.3 Å². The maximum absolute atomic E-state index is 14.4. The molecule has 14 N–H and O–H groups in total. The van der Waals surface area contributed by atoms with Gasteiger partial charge in [0, 0.05) is 61.2 Å². The van der Waals surface area contributed by atoms with Gasteiger partial charge in [-0.2, -0.15) is 0 Å². The monoisotopic (exact) mass is 929 g/mol. The molecule has 1 saturated heterocycles. The molecule has 0 aliphatic carbocycles. The summed E-state index contributed by atoms with van der Waals surface area (Å²) in [5.74, 6) is -8.77. The number of aliphatic carboxylic acids is 2. The maximum Gasteiger partial charge on any atom is 0.326 e. The first-order chi connectivity index (χ1) is 32.0. The van der Waals surface area contributed by atoms with Crippen LogP contribution < -0.4 is 38.1 Å². The molecule has 0 unspecified atom stereocenters. The first-order valence-electron chi connectivity index (χ1n) is 21.5. The highest BCUT2D eigenvalue weighted by Gasteiger charge is 2.40. The number of para-hydroxylation sites is 1. The van der Waals surface area contributed by atoms with E-state index in [2.05, 4.69) is 41.5 Å². The number of aliphatic hydroxyl groups is 1. The molecule has 1 fully saturated rings. The summed E-state index contributed by atoms with van der Waals surface area (Å²) in [5, 5.41) is 42.2. The number of hydrogen-bond donors (Lipinski definition) is 12. The van der Waals surface area contributed by atoms with Crippen LogP contribution in [0.15, 0.2) is 73.3 Å². The van der Waals surface area contributed by atoms with Crippen LogP contribution >= 0.6 is 0 Å². The smallest absolute Gasteiger partial charge is 0.326 e. The minimum absolute atomic E-state index is 0.0409. The Bertz CT molecular complexity index is 2390. The number of aliphatic hydroxyl groups excluding tert-OH is 1. The summed E-state index contributed by atoms with van der Waals surface area (Å²) in [7, 11) is 0. The molecular weight excluding hydrogens is 875 g/mol. The molecule has 0 radical (unpaired) electrons. The summed E-state index contributed by atoms with van der Waals surface area (Å²) in [4.78, 5) is 129. The van der Waals surface area contributed by atoms with E-state index >= 15 is 0 Å². The average Bonchev–Trinajstić information content (AvgIpc) is 4.10. The van der Waals surface area contributed by atoms with Gasteiger partial charge >= 0.3 is 11.9 Å². The van der Waals surface area contributed by atoms with Gasteiger partial charge in [-0.05, 0) is 49.3 Å². The quantitative estimate of drug-likeness (QED) is 0.0338. The normalized spacial score (nSPS) is 16.1. The van der Waals surface area contributed by atoms with Crippen LogP contribution in [0.4, 0.5) is 0 Å². The number of amides is 7. The molecule has 358 valence electrons. The van der Waals surface area contributed by atoms with Gasteiger partial charge in [0.15, 0.2) is 0 Å². The molecule has 0 spiro atoms. The zero-order valence-electron chi connectivity index (χ0n) is 36.3. The maximum atomic E-state index is 14.4. The van der Waals surface area contributed by atoms with Gasteiger partial charge in [0.25, 0.3) is 0 Å². The number of carbonyl (C=O) groups is 9. The third-order valence-electron chi connectivity index (χ3n) is 11.2. The topological polar surface area (TPSA) is 374 Å². The van der Waals surface area contributed by atoms with Gasteiger partial charge in [-0.25, -0.2) is 9.78 Å². The van der Waals surface area contributed by atoms with E-state index < -0.39 is 121 Å². The molecular formula is C44H55N11O12. The molecule has 1 aliphatic heterocycles. The van der Waals surface area contributed by atoms with Crippen molar-refractivity contribution in [2.24, 2.45) is 11.5 Å². The number of benzene rings is 2. The van der Waals surface area contributed by atoms with E-state index in [0.29, 0.717) is 17.7 Å². The first-order valence-corrected chi connectivity index (χ1v) is 21.5. The summed E-state index contributed by atoms with van der Waals surface area (Å²) in [5.41, 5.74) is 14.2. The third-order valence-corrected chi connectivity index (χ3v) is 11.2. The standard InChI is InChI=1S/C44H55N11O12/c45-28(18-25-20-48-29-10-5-4-9-27(25)29)38(60)54-34(22-56)41(63)53-33(19-26-21-47-23-49-26)43(65)55-16-6-11-35(55)42(64)50-30(12-14-36(46)57)39(61)52-32(17-24-7-2-1-3-8-24)40(62)51-31(44(66)67)13-15-37(58)59/h1-5,7-10,20-21,23,28,30-35,48,56H,6,11-19,22,45H2,(H2,46,57)(H,47,49)(H,50,64)(H,51,62)(H,52,61)(H,53,63)(H,54,60)(H,58,59)(H,66,67)/t28-,30-,31-,32-,33-,34-,35-/m0/s1. The van der Waals surface area contributed by atoms with Crippen molar-refractivity contribution in [1.82, 2.24) is 46.4 Å². The van der Waals surface area contributed by atoms with Crippen molar-refractivity contribution in [3.63, 3.8) is 0 Å². The lowest BCUT2D eigenvalue weighted by Gasteiger charge is -2.31. The van der Waals surface area contributed by atoms with Crippen LogP contribution in [0.1, 0.15) is 55.3 Å². The number of rotatable bonds is 25. The van der Waals surface area contributed by atoms with Crippen molar-refractivity contribution in [2.75, 3.05) is 13.2 Å². The van der Waals surface area contributed by atoms with Gasteiger partial charge in [0.2, 0.25) is 41.4 Å². The van der Waals surface area contributed by atoms with E-state index in [4.69, 9.17) is 16.6 Å². The number of carbonyl (C=O) groups excluding carboxylic acids is 7. The number of primary amides is 1. The largest absolute Gasteiger partial charge is 0.481 e. The number of carboxylic acids is 2. The van der Waals surface area contributed by atoms with Crippen LogP contribution in [0.3, 0.4) is 0 Å². The van der Waals surface area contributed by atoms with Gasteiger partial charge in [-0.1, -0.05) is 48.5 Å². The molecule has 1 aliphatic rings. The van der Waals surface area contributed by atoms with Gasteiger partial charge < -0.3 is 68.2 Å². The van der Waals surface area contributed by atoms with E-state index in [1.165, 1.54) is 17.4 Å². The second kappa shape index (κ2) is 24.0. The number of aromatic amines is 2. The highest BCUT2D eigenvalue weighted by Crippen LogP contribution is 2.21. The van der Waals surface area contributed by atoms with Crippen molar-refractivity contribution in [1.29, 1.82) is 0 Å². The summed E-state index contributed by atoms with van der Waals surface area (Å²) in [6, 6.07) is 5.94. The number of carboxylic acid groups (broad SMARTS) is 2. The van der Waals surface area contributed by atoms with Crippen LogP contribution in [0.25, 0.3) is 10.9 Å². The lowest BCUT2D eigenvalue weighted by molar-refractivity contribution is -0.143. The molecule has 7 amide bonds. The van der Waals surface area contributed by atoms with Crippen LogP contribution in [-0.2, 0) is 62.4 Å². The van der Waals surface area contributed by atoms with Gasteiger partial charge in [-0.15, -0.1) is 0 Å². The fourth-order valence-corrected chi connectivity index (χ4v) is 7.65. The molecule has 0 saturated carbocycles. The molecule has 23 heteroatoms. The molecule has 5 rings (SSSR count). The fourth-order valence-electron chi connectivity index (χ4n) is 7.65. The lowest BCUT2D eigenvalue weighted by Crippen LogP contribution is -2.60. The lowest BCUT2D eigenvalue weighted by atomic mass is 10.0. The van der Waals surface area contributed by atoms with E-state index in [-0.39, 0.29) is 38.6 Å². The predicted octanol–water partition coefficient (Wildman–Crippen LogP) is -2.13. The molecule has 3 heterocycles. The zero-order valence-corrected chi connectivity index (χ0v) is 36.3. The summed E-state index contributed by atoms with van der Waals surface area (Å²) >= 11 is 0. The number of nitrogens with zero attached hydrogens (tertiary/aromatic N) is 2. The van der Waals surface area contributed by atoms with Gasteiger partial charge in [0.05, 0.1) is 19.0 Å². The third kappa shape index (κ3) is 14.4. The summed E-state index contributed by atoms with van der Waals surface area (Å²) in [6.45, 7) is -0.816. The van der Waals surface area contributed by atoms with Crippen LogP contribution in [0.2, 0.25) is 0 Å². The Labute approximate surface area is 383 Å². The average molecular weight is 930 g/mol. The summed E-state index contributed by atoms with van der Waals surface area (Å²) in [6.07, 6.45) is 2.94. The highest BCUT2D eigenvalue weighted by molar-refractivity contribution is 5.98. The van der Waals surface area contributed by atoms with E-state index in [9.17, 15) is 53.4 Å². The Morgan fingerprint density at radius 2 is 1.37 bits per heavy atom. The van der Waals surface area contributed by atoms with Crippen molar-refractivity contribution in [3.05, 3.63) is 90.1 Å². The number of nitrogens with two attached hydrogens (primary N) is 2. The molecule has 67 heavy (non-hydrogen) atoms. The predicted molar refractivity (Wildman–Crippen MR) is 237 cm³/mol. The van der Waals surface area contributed by atoms with Crippen LogP contribution in [0.5, 0.6) is 0 Å². The second-order valence-corrected chi connectivity index (χ2v) is 16.1. The Hall–Kier alpha value is -7.66. The Kier molecular flexibility index (Phi) is 18.1. The fraction of sp³-hybridized carbons (Fsp3) is 0.409. The number of H-pyrrole nitrogens is 2. The highest BCUT2D eigenvalue weighted by atomic mass is 16.4.